The molecule has 2 atom stereocenters. The first kappa shape index (κ1) is 27.0. The first-order valence-corrected chi connectivity index (χ1v) is 13.0. The van der Waals surface area contributed by atoms with Crippen molar-refractivity contribution >= 4 is 41.1 Å². The second kappa shape index (κ2) is 11.6. The van der Waals surface area contributed by atoms with Gasteiger partial charge in [0, 0.05) is 44.5 Å². The van der Waals surface area contributed by atoms with Gasteiger partial charge in [0.1, 0.15) is 0 Å². The fourth-order valence-electron chi connectivity index (χ4n) is 4.83. The van der Waals surface area contributed by atoms with Gasteiger partial charge in [-0.3, -0.25) is 14.6 Å². The van der Waals surface area contributed by atoms with Crippen molar-refractivity contribution in [2.75, 3.05) is 39.3 Å². The molecular weight excluding hydrogens is 519 g/mol. The maximum Gasteiger partial charge on any atom is 0.338 e. The summed E-state index contributed by atoms with van der Waals surface area (Å²) in [6.45, 7) is 8.05. The second-order valence-electron chi connectivity index (χ2n) is 8.94. The minimum Gasteiger partial charge on any atom is -0.463 e. The lowest BCUT2D eigenvalue weighted by Crippen LogP contribution is -2.56. The Morgan fingerprint density at radius 3 is 2.57 bits per heavy atom. The van der Waals surface area contributed by atoms with Crippen molar-refractivity contribution in [3.05, 3.63) is 69.2 Å². The predicted octanol–water partition coefficient (Wildman–Crippen LogP) is 4.34. The summed E-state index contributed by atoms with van der Waals surface area (Å²) in [5.41, 5.74) is 1.54. The molecule has 1 aromatic heterocycles. The molecule has 2 aliphatic heterocycles. The van der Waals surface area contributed by atoms with Crippen LogP contribution < -0.4 is 5.32 Å². The van der Waals surface area contributed by atoms with Gasteiger partial charge in [-0.15, -0.1) is 0 Å². The Kier molecular flexibility index (Phi) is 8.46. The fraction of sp³-hybridized carbons (Fsp3) is 0.423. The van der Waals surface area contributed by atoms with Gasteiger partial charge in [0.25, 0.3) is 5.91 Å². The number of hydrogen-bond acceptors (Lipinski definition) is 6. The number of carbonyl (C=O) groups is 3. The number of nitrogens with one attached hydrogen (secondary N) is 1. The van der Waals surface area contributed by atoms with Crippen LogP contribution in [0.3, 0.4) is 0 Å². The zero-order valence-corrected chi connectivity index (χ0v) is 22.5. The number of halogens is 2. The van der Waals surface area contributed by atoms with Crippen molar-refractivity contribution in [2.45, 2.75) is 32.9 Å². The number of amides is 3. The number of hydrogen-bond donors (Lipinski definition) is 1. The van der Waals surface area contributed by atoms with Gasteiger partial charge in [-0.1, -0.05) is 29.3 Å². The number of furan rings is 1. The number of piperazine rings is 1. The van der Waals surface area contributed by atoms with Crippen LogP contribution in [0.25, 0.3) is 0 Å². The van der Waals surface area contributed by atoms with Gasteiger partial charge in [0.15, 0.2) is 5.76 Å². The Bertz CT molecular complexity index is 1200. The quantitative estimate of drug-likeness (QED) is 0.517. The lowest BCUT2D eigenvalue weighted by Gasteiger charge is -2.42. The molecule has 11 heteroatoms. The molecule has 0 spiro atoms. The highest BCUT2D eigenvalue weighted by molar-refractivity contribution is 6.42. The van der Waals surface area contributed by atoms with E-state index in [1.165, 1.54) is 6.26 Å². The van der Waals surface area contributed by atoms with E-state index in [1.807, 2.05) is 13.8 Å². The molecule has 37 heavy (non-hydrogen) atoms. The zero-order chi connectivity index (χ0) is 26.7. The molecule has 2 aliphatic rings. The standard InChI is InChI=1S/C26H30Cl2N4O5/c1-4-31-20(15-30-10-11-32(16(3)14-30)24(33)21-7-6-12-37-21)22(25(34)36-5-2)23(29-26(31)35)17-8-9-18(27)19(28)13-17/h6-9,12-13,16,23H,4-5,10-11,14-15H2,1-3H3,(H,29,35)/t16-,23-/m1/s1. The molecule has 0 saturated carbocycles. The van der Waals surface area contributed by atoms with Crippen molar-refractivity contribution in [3.8, 4) is 0 Å². The van der Waals surface area contributed by atoms with Gasteiger partial charge in [0.2, 0.25) is 0 Å². The molecule has 0 bridgehead atoms. The number of ether oxygens (including phenoxy) is 1. The monoisotopic (exact) mass is 548 g/mol. The molecule has 9 nitrogen and oxygen atoms in total. The van der Waals surface area contributed by atoms with E-state index < -0.39 is 12.0 Å². The van der Waals surface area contributed by atoms with Crippen LogP contribution in [0.5, 0.6) is 0 Å². The summed E-state index contributed by atoms with van der Waals surface area (Å²) >= 11 is 12.4. The van der Waals surface area contributed by atoms with E-state index >= 15 is 0 Å². The zero-order valence-electron chi connectivity index (χ0n) is 21.0. The van der Waals surface area contributed by atoms with Crippen LogP contribution in [0, 0.1) is 0 Å². The Morgan fingerprint density at radius 1 is 1.16 bits per heavy atom. The van der Waals surface area contributed by atoms with E-state index in [2.05, 4.69) is 10.2 Å². The number of carbonyl (C=O) groups excluding carboxylic acids is 3. The number of likely N-dealkylation sites (N-methyl/N-ethyl adjacent to an activating group) is 1. The van der Waals surface area contributed by atoms with Crippen LogP contribution in [0.1, 0.15) is 42.9 Å². The average molecular weight is 549 g/mol. The van der Waals surface area contributed by atoms with Crippen LogP contribution in [0.15, 0.2) is 52.3 Å². The number of urea groups is 1. The molecule has 4 rings (SSSR count). The van der Waals surface area contributed by atoms with Gasteiger partial charge < -0.3 is 19.4 Å². The molecule has 0 radical (unpaired) electrons. The topological polar surface area (TPSA) is 95.3 Å². The summed E-state index contributed by atoms with van der Waals surface area (Å²) in [4.78, 5) is 44.8. The van der Waals surface area contributed by atoms with Crippen LogP contribution in [0.2, 0.25) is 10.0 Å². The van der Waals surface area contributed by atoms with Crippen LogP contribution in [-0.2, 0) is 9.53 Å². The summed E-state index contributed by atoms with van der Waals surface area (Å²) in [6.07, 6.45) is 1.48. The van der Waals surface area contributed by atoms with Gasteiger partial charge >= 0.3 is 12.0 Å². The van der Waals surface area contributed by atoms with Crippen molar-refractivity contribution in [1.29, 1.82) is 0 Å². The third-order valence-corrected chi connectivity index (χ3v) is 7.34. The molecule has 198 valence electrons. The SMILES string of the molecule is CCOC(=O)C1=C(CN2CCN(C(=O)c3ccco3)[C@H](C)C2)N(CC)C(=O)N[C@@H]1c1ccc(Cl)c(Cl)c1. The smallest absolute Gasteiger partial charge is 0.338 e. The molecule has 1 saturated heterocycles. The summed E-state index contributed by atoms with van der Waals surface area (Å²) in [5, 5.41) is 3.63. The van der Waals surface area contributed by atoms with E-state index in [-0.39, 0.29) is 24.6 Å². The normalized spacial score (nSPS) is 20.7. The second-order valence-corrected chi connectivity index (χ2v) is 9.76. The predicted molar refractivity (Wildman–Crippen MR) is 139 cm³/mol. The van der Waals surface area contributed by atoms with Gasteiger partial charge in [-0.2, -0.15) is 0 Å². The fourth-order valence-corrected chi connectivity index (χ4v) is 5.14. The van der Waals surface area contributed by atoms with Crippen LogP contribution in [0.4, 0.5) is 4.79 Å². The maximum absolute atomic E-state index is 13.3. The first-order chi connectivity index (χ1) is 17.7. The third kappa shape index (κ3) is 5.63. The molecule has 2 aromatic rings. The lowest BCUT2D eigenvalue weighted by atomic mass is 9.94. The van der Waals surface area contributed by atoms with Crippen molar-refractivity contribution in [2.24, 2.45) is 0 Å². The Morgan fingerprint density at radius 2 is 1.95 bits per heavy atom. The molecule has 0 aliphatic carbocycles. The third-order valence-electron chi connectivity index (χ3n) is 6.60. The Labute approximate surface area is 225 Å². The Balaban J connectivity index is 1.66. The highest BCUT2D eigenvalue weighted by atomic mass is 35.5. The molecule has 1 fully saturated rings. The van der Waals surface area contributed by atoms with Crippen molar-refractivity contribution < 1.29 is 23.5 Å². The lowest BCUT2D eigenvalue weighted by molar-refractivity contribution is -0.139. The van der Waals surface area contributed by atoms with Gasteiger partial charge in [0.05, 0.1) is 34.5 Å². The molecule has 1 aromatic carbocycles. The molecule has 3 heterocycles. The number of benzene rings is 1. The minimum absolute atomic E-state index is 0.101. The summed E-state index contributed by atoms with van der Waals surface area (Å²) < 4.78 is 10.7. The molecule has 1 N–H and O–H groups in total. The van der Waals surface area contributed by atoms with E-state index in [4.69, 9.17) is 32.4 Å². The van der Waals surface area contributed by atoms with Crippen LogP contribution in [-0.4, -0.2) is 78.0 Å². The van der Waals surface area contributed by atoms with Gasteiger partial charge in [-0.05, 0) is 50.6 Å². The van der Waals surface area contributed by atoms with Crippen molar-refractivity contribution in [3.63, 3.8) is 0 Å². The minimum atomic E-state index is -0.752. The highest BCUT2D eigenvalue weighted by Gasteiger charge is 2.39. The average Bonchev–Trinajstić information content (AvgIpc) is 3.40. The summed E-state index contributed by atoms with van der Waals surface area (Å²) in [7, 11) is 0. The highest BCUT2D eigenvalue weighted by Crippen LogP contribution is 2.35. The summed E-state index contributed by atoms with van der Waals surface area (Å²) in [5.74, 6) is -0.361. The van der Waals surface area contributed by atoms with E-state index in [1.54, 1.807) is 47.1 Å². The largest absolute Gasteiger partial charge is 0.463 e. The van der Waals surface area contributed by atoms with Crippen LogP contribution >= 0.6 is 23.2 Å². The summed E-state index contributed by atoms with van der Waals surface area (Å²) in [6, 6.07) is 7.19. The maximum atomic E-state index is 13.3. The van der Waals surface area contributed by atoms with E-state index in [0.29, 0.717) is 65.4 Å². The number of rotatable bonds is 7. The van der Waals surface area contributed by atoms with Gasteiger partial charge in [-0.25, -0.2) is 9.59 Å². The number of nitrogens with zero attached hydrogens (tertiary/aromatic N) is 3. The van der Waals surface area contributed by atoms with E-state index in [9.17, 15) is 14.4 Å². The molecular formula is C26H30Cl2N4O5. The molecule has 0 unspecified atom stereocenters. The van der Waals surface area contributed by atoms with E-state index in [0.717, 1.165) is 0 Å². The Hall–Kier alpha value is -3.01. The number of esters is 1. The molecule has 3 amide bonds. The first-order valence-electron chi connectivity index (χ1n) is 12.2. The van der Waals surface area contributed by atoms with Crippen molar-refractivity contribution in [1.82, 2.24) is 20.0 Å².